The van der Waals surface area contributed by atoms with Gasteiger partial charge in [0.05, 0.1) is 0 Å². The summed E-state index contributed by atoms with van der Waals surface area (Å²) in [5.41, 5.74) is 0.806. The summed E-state index contributed by atoms with van der Waals surface area (Å²) in [5, 5.41) is 1.15. The molecule has 0 fully saturated rings. The van der Waals surface area contributed by atoms with Crippen molar-refractivity contribution in [2.75, 3.05) is 13.1 Å². The molecule has 0 heterocycles. The van der Waals surface area contributed by atoms with E-state index < -0.39 is 0 Å². The van der Waals surface area contributed by atoms with Crippen LogP contribution in [0.25, 0.3) is 6.08 Å². The van der Waals surface area contributed by atoms with Crippen molar-refractivity contribution in [3.63, 3.8) is 0 Å². The number of benzene rings is 1. The molecule has 0 atom stereocenters. The minimum Gasteiger partial charge on any atom is -0.339 e. The first-order valence-corrected chi connectivity index (χ1v) is 8.26. The molecular weight excluding hydrogens is 305 g/mol. The summed E-state index contributed by atoms with van der Waals surface area (Å²) >= 11 is 12.0. The SMILES string of the molecule is CCCCN(CCCC)C(=O)/C=C/c1ccc(Cl)cc1Cl. The Morgan fingerprint density at radius 1 is 1.14 bits per heavy atom. The van der Waals surface area contributed by atoms with Crippen LogP contribution in [-0.4, -0.2) is 23.9 Å². The van der Waals surface area contributed by atoms with Gasteiger partial charge in [0.25, 0.3) is 0 Å². The Balaban J connectivity index is 2.72. The second-order valence-electron chi connectivity index (χ2n) is 5.03. The van der Waals surface area contributed by atoms with Crippen LogP contribution in [0.2, 0.25) is 10.0 Å². The number of nitrogens with zero attached hydrogens (tertiary/aromatic N) is 1. The molecule has 116 valence electrons. The Morgan fingerprint density at radius 3 is 2.29 bits per heavy atom. The van der Waals surface area contributed by atoms with E-state index in [9.17, 15) is 4.79 Å². The lowest BCUT2D eigenvalue weighted by Crippen LogP contribution is -2.31. The van der Waals surface area contributed by atoms with E-state index in [4.69, 9.17) is 23.2 Å². The van der Waals surface area contributed by atoms with Crippen molar-refractivity contribution < 1.29 is 4.79 Å². The number of hydrogen-bond donors (Lipinski definition) is 0. The molecule has 0 aromatic heterocycles. The van der Waals surface area contributed by atoms with E-state index in [2.05, 4.69) is 13.8 Å². The highest BCUT2D eigenvalue weighted by Crippen LogP contribution is 2.22. The van der Waals surface area contributed by atoms with Gasteiger partial charge in [-0.3, -0.25) is 4.79 Å². The average molecular weight is 328 g/mol. The van der Waals surface area contributed by atoms with Gasteiger partial charge >= 0.3 is 0 Å². The number of amides is 1. The van der Waals surface area contributed by atoms with E-state index in [0.29, 0.717) is 10.0 Å². The monoisotopic (exact) mass is 327 g/mol. The molecule has 1 rings (SSSR count). The molecule has 0 unspecified atom stereocenters. The number of halogens is 2. The maximum Gasteiger partial charge on any atom is 0.246 e. The molecule has 0 saturated heterocycles. The van der Waals surface area contributed by atoms with Crippen LogP contribution in [0.1, 0.15) is 45.1 Å². The normalized spacial score (nSPS) is 11.0. The maximum atomic E-state index is 12.3. The highest BCUT2D eigenvalue weighted by atomic mass is 35.5. The van der Waals surface area contributed by atoms with Gasteiger partial charge in [-0.05, 0) is 36.6 Å². The molecule has 0 saturated carbocycles. The molecule has 2 nitrogen and oxygen atoms in total. The molecule has 0 radical (unpaired) electrons. The van der Waals surface area contributed by atoms with Crippen molar-refractivity contribution in [1.82, 2.24) is 4.90 Å². The summed E-state index contributed by atoms with van der Waals surface area (Å²) < 4.78 is 0. The lowest BCUT2D eigenvalue weighted by Gasteiger charge is -2.20. The molecule has 0 aliphatic carbocycles. The standard InChI is InChI=1S/C17H23Cl2NO/c1-3-5-11-20(12-6-4-2)17(21)10-8-14-7-9-15(18)13-16(14)19/h7-10,13H,3-6,11-12H2,1-2H3/b10-8+. The molecular formula is C17H23Cl2NO. The van der Waals surface area contributed by atoms with E-state index in [1.54, 1.807) is 24.3 Å². The van der Waals surface area contributed by atoms with Gasteiger partial charge in [0.15, 0.2) is 0 Å². The lowest BCUT2D eigenvalue weighted by molar-refractivity contribution is -0.126. The van der Waals surface area contributed by atoms with Gasteiger partial charge in [-0.15, -0.1) is 0 Å². The van der Waals surface area contributed by atoms with Gasteiger partial charge < -0.3 is 4.90 Å². The second-order valence-corrected chi connectivity index (χ2v) is 5.88. The average Bonchev–Trinajstić information content (AvgIpc) is 2.46. The smallest absolute Gasteiger partial charge is 0.246 e. The predicted molar refractivity (Wildman–Crippen MR) is 91.9 cm³/mol. The quantitative estimate of drug-likeness (QED) is 0.582. The van der Waals surface area contributed by atoms with E-state index in [1.807, 2.05) is 11.0 Å². The van der Waals surface area contributed by atoms with Crippen molar-refractivity contribution in [3.8, 4) is 0 Å². The van der Waals surface area contributed by atoms with E-state index in [-0.39, 0.29) is 5.91 Å². The minimum absolute atomic E-state index is 0.0444. The molecule has 1 amide bonds. The first kappa shape index (κ1) is 18.1. The van der Waals surface area contributed by atoms with Gasteiger partial charge in [-0.1, -0.05) is 56.0 Å². The van der Waals surface area contributed by atoms with E-state index in [1.165, 1.54) is 0 Å². The number of carbonyl (C=O) groups is 1. The van der Waals surface area contributed by atoms with Crippen LogP contribution in [0, 0.1) is 0 Å². The summed E-state index contributed by atoms with van der Waals surface area (Å²) in [6.45, 7) is 5.89. The fourth-order valence-corrected chi connectivity index (χ4v) is 2.40. The number of hydrogen-bond acceptors (Lipinski definition) is 1. The first-order chi connectivity index (χ1) is 10.1. The molecule has 21 heavy (non-hydrogen) atoms. The molecule has 1 aromatic rings. The molecule has 0 bridgehead atoms. The molecule has 0 aliphatic heterocycles. The highest BCUT2D eigenvalue weighted by molar-refractivity contribution is 6.35. The van der Waals surface area contributed by atoms with Crippen LogP contribution in [0.4, 0.5) is 0 Å². The molecule has 0 aliphatic rings. The van der Waals surface area contributed by atoms with Crippen LogP contribution in [0.15, 0.2) is 24.3 Å². The number of carbonyl (C=O) groups excluding carboxylic acids is 1. The van der Waals surface area contributed by atoms with Crippen LogP contribution in [0.3, 0.4) is 0 Å². The fourth-order valence-electron chi connectivity index (χ4n) is 1.93. The molecule has 0 spiro atoms. The van der Waals surface area contributed by atoms with Gasteiger partial charge in [-0.25, -0.2) is 0 Å². The van der Waals surface area contributed by atoms with Crippen LogP contribution >= 0.6 is 23.2 Å². The predicted octanol–water partition coefficient (Wildman–Crippen LogP) is 5.44. The van der Waals surface area contributed by atoms with Gasteiger partial charge in [0.2, 0.25) is 5.91 Å². The van der Waals surface area contributed by atoms with Gasteiger partial charge in [0, 0.05) is 29.2 Å². The van der Waals surface area contributed by atoms with Crippen LogP contribution < -0.4 is 0 Å². The topological polar surface area (TPSA) is 20.3 Å². The van der Waals surface area contributed by atoms with E-state index >= 15 is 0 Å². The summed E-state index contributed by atoms with van der Waals surface area (Å²) in [6.07, 6.45) is 7.59. The Labute approximate surface area is 137 Å². The second kappa shape index (κ2) is 9.86. The molecule has 1 aromatic carbocycles. The highest BCUT2D eigenvalue weighted by Gasteiger charge is 2.09. The zero-order valence-electron chi connectivity index (χ0n) is 12.7. The Kier molecular flexibility index (Phi) is 8.48. The maximum absolute atomic E-state index is 12.3. The largest absolute Gasteiger partial charge is 0.339 e. The van der Waals surface area contributed by atoms with Gasteiger partial charge in [-0.2, -0.15) is 0 Å². The Hall–Kier alpha value is -0.990. The summed E-state index contributed by atoms with van der Waals surface area (Å²) in [4.78, 5) is 14.2. The number of unbranched alkanes of at least 4 members (excludes halogenated alkanes) is 2. The summed E-state index contributed by atoms with van der Waals surface area (Å²) in [6, 6.07) is 5.26. The van der Waals surface area contributed by atoms with Crippen molar-refractivity contribution >= 4 is 35.2 Å². The Bertz CT molecular complexity index is 478. The summed E-state index contributed by atoms with van der Waals surface area (Å²) in [7, 11) is 0. The lowest BCUT2D eigenvalue weighted by atomic mass is 10.2. The van der Waals surface area contributed by atoms with Crippen LogP contribution in [-0.2, 0) is 4.79 Å². The van der Waals surface area contributed by atoms with Crippen molar-refractivity contribution in [3.05, 3.63) is 39.9 Å². The minimum atomic E-state index is 0.0444. The third-order valence-corrected chi connectivity index (χ3v) is 3.81. The zero-order valence-corrected chi connectivity index (χ0v) is 14.3. The zero-order chi connectivity index (χ0) is 15.7. The third kappa shape index (κ3) is 6.54. The third-order valence-electron chi connectivity index (χ3n) is 3.24. The van der Waals surface area contributed by atoms with Crippen molar-refractivity contribution in [1.29, 1.82) is 0 Å². The van der Waals surface area contributed by atoms with Crippen molar-refractivity contribution in [2.24, 2.45) is 0 Å². The first-order valence-electron chi connectivity index (χ1n) is 7.50. The van der Waals surface area contributed by atoms with E-state index in [0.717, 1.165) is 44.3 Å². The molecule has 0 N–H and O–H groups in total. The van der Waals surface area contributed by atoms with Crippen LogP contribution in [0.5, 0.6) is 0 Å². The molecule has 4 heteroatoms. The van der Waals surface area contributed by atoms with Gasteiger partial charge in [0.1, 0.15) is 0 Å². The fraction of sp³-hybridized carbons (Fsp3) is 0.471. The summed E-state index contributed by atoms with van der Waals surface area (Å²) in [5.74, 6) is 0.0444. The Morgan fingerprint density at radius 2 is 1.76 bits per heavy atom. The van der Waals surface area contributed by atoms with Crippen molar-refractivity contribution in [2.45, 2.75) is 39.5 Å². The number of rotatable bonds is 8.